The first kappa shape index (κ1) is 25.8. The van der Waals surface area contributed by atoms with E-state index in [9.17, 15) is 15.0 Å². The molecular formula is C27H31ClN2O4S. The number of fused-ring (bicyclic) bond motifs is 1. The van der Waals surface area contributed by atoms with Crippen LogP contribution < -0.4 is 4.74 Å². The molecule has 3 atom stereocenters. The molecule has 1 unspecified atom stereocenters. The van der Waals surface area contributed by atoms with Gasteiger partial charge in [0.15, 0.2) is 0 Å². The third-order valence-electron chi connectivity index (χ3n) is 6.81. The SMILES string of the molecule is COc1ccc2nccc(C(O)CC[C@@H]3CCN(CCSc4ccccc4Cl)C[C@@H]3C(=O)O)c2c1. The monoisotopic (exact) mass is 514 g/mol. The number of aromatic nitrogens is 1. The molecule has 0 radical (unpaired) electrons. The van der Waals surface area contributed by atoms with Crippen molar-refractivity contribution in [3.63, 3.8) is 0 Å². The van der Waals surface area contributed by atoms with Crippen LogP contribution in [0, 0.1) is 11.8 Å². The Morgan fingerprint density at radius 1 is 1.29 bits per heavy atom. The van der Waals surface area contributed by atoms with Crippen LogP contribution in [0.5, 0.6) is 5.75 Å². The third kappa shape index (κ3) is 6.47. The van der Waals surface area contributed by atoms with Gasteiger partial charge in [0, 0.05) is 35.3 Å². The number of rotatable bonds is 10. The molecule has 0 bridgehead atoms. The van der Waals surface area contributed by atoms with E-state index >= 15 is 0 Å². The predicted molar refractivity (Wildman–Crippen MR) is 140 cm³/mol. The number of ether oxygens (including phenoxy) is 1. The fourth-order valence-corrected chi connectivity index (χ4v) is 6.08. The summed E-state index contributed by atoms with van der Waals surface area (Å²) in [6.45, 7) is 2.22. The lowest BCUT2D eigenvalue weighted by Gasteiger charge is -2.37. The molecule has 0 amide bonds. The average Bonchev–Trinajstić information content (AvgIpc) is 2.88. The minimum Gasteiger partial charge on any atom is -0.497 e. The van der Waals surface area contributed by atoms with E-state index in [-0.39, 0.29) is 5.92 Å². The highest BCUT2D eigenvalue weighted by atomic mass is 35.5. The molecule has 8 heteroatoms. The van der Waals surface area contributed by atoms with Crippen LogP contribution in [0.25, 0.3) is 10.9 Å². The number of carboxylic acid groups (broad SMARTS) is 1. The molecular weight excluding hydrogens is 484 g/mol. The number of thioether (sulfide) groups is 1. The molecule has 186 valence electrons. The van der Waals surface area contributed by atoms with Gasteiger partial charge in [0.2, 0.25) is 0 Å². The van der Waals surface area contributed by atoms with E-state index in [2.05, 4.69) is 9.88 Å². The standard InChI is InChI=1S/C27H31ClN2O4S/c1-34-19-7-8-24-21(16-19)20(10-12-29-24)25(31)9-6-18-11-13-30(17-22(18)27(32)33)14-15-35-26-5-3-2-4-23(26)28/h2-5,7-8,10,12,16,18,22,25,31H,6,9,11,13-15,17H2,1H3,(H,32,33)/t18-,22+,25?/m1/s1. The number of hydrogen-bond donors (Lipinski definition) is 2. The minimum atomic E-state index is -0.757. The lowest BCUT2D eigenvalue weighted by atomic mass is 9.81. The first-order valence-electron chi connectivity index (χ1n) is 11.9. The van der Waals surface area contributed by atoms with Crippen LogP contribution in [0.4, 0.5) is 0 Å². The molecule has 4 rings (SSSR count). The summed E-state index contributed by atoms with van der Waals surface area (Å²) < 4.78 is 5.33. The third-order valence-corrected chi connectivity index (χ3v) is 8.31. The van der Waals surface area contributed by atoms with Crippen LogP contribution in [0.15, 0.2) is 59.6 Å². The number of nitrogens with zero attached hydrogens (tertiary/aromatic N) is 2. The van der Waals surface area contributed by atoms with Gasteiger partial charge in [0.25, 0.3) is 0 Å². The van der Waals surface area contributed by atoms with E-state index in [0.717, 1.165) is 51.6 Å². The Morgan fingerprint density at radius 3 is 2.89 bits per heavy atom. The maximum Gasteiger partial charge on any atom is 0.308 e. The normalized spacial score (nSPS) is 19.5. The molecule has 0 saturated carbocycles. The molecule has 0 aliphatic carbocycles. The zero-order valence-corrected chi connectivity index (χ0v) is 21.3. The Kier molecular flexibility index (Phi) is 8.89. The smallest absolute Gasteiger partial charge is 0.308 e. The summed E-state index contributed by atoms with van der Waals surface area (Å²) in [5, 5.41) is 22.5. The number of methoxy groups -OCH3 is 1. The fraction of sp³-hybridized carbons (Fsp3) is 0.407. The number of benzene rings is 2. The van der Waals surface area contributed by atoms with Gasteiger partial charge >= 0.3 is 5.97 Å². The van der Waals surface area contributed by atoms with Crippen molar-refractivity contribution in [1.82, 2.24) is 9.88 Å². The van der Waals surface area contributed by atoms with Gasteiger partial charge in [-0.1, -0.05) is 23.7 Å². The number of carboxylic acids is 1. The van der Waals surface area contributed by atoms with Gasteiger partial charge in [-0.15, -0.1) is 11.8 Å². The lowest BCUT2D eigenvalue weighted by Crippen LogP contribution is -2.44. The van der Waals surface area contributed by atoms with Gasteiger partial charge in [0.1, 0.15) is 5.75 Å². The molecule has 2 heterocycles. The number of aliphatic hydroxyl groups is 1. The van der Waals surface area contributed by atoms with Crippen LogP contribution in [-0.4, -0.2) is 58.6 Å². The minimum absolute atomic E-state index is 0.0391. The summed E-state index contributed by atoms with van der Waals surface area (Å²) >= 11 is 7.94. The summed E-state index contributed by atoms with van der Waals surface area (Å²) in [4.78, 5) is 19.7. The van der Waals surface area contributed by atoms with E-state index in [1.54, 1.807) is 25.1 Å². The van der Waals surface area contributed by atoms with Gasteiger partial charge in [-0.25, -0.2) is 0 Å². The van der Waals surface area contributed by atoms with Crippen molar-refractivity contribution >= 4 is 40.2 Å². The first-order valence-corrected chi connectivity index (χ1v) is 13.3. The van der Waals surface area contributed by atoms with Crippen molar-refractivity contribution in [2.75, 3.05) is 32.5 Å². The van der Waals surface area contributed by atoms with Gasteiger partial charge in [-0.2, -0.15) is 0 Å². The summed E-state index contributed by atoms with van der Waals surface area (Å²) in [6.07, 6.45) is 2.99. The molecule has 2 aromatic carbocycles. The Balaban J connectivity index is 1.34. The topological polar surface area (TPSA) is 82.9 Å². The maximum absolute atomic E-state index is 12.1. The second-order valence-electron chi connectivity index (χ2n) is 8.95. The maximum atomic E-state index is 12.1. The number of piperidine rings is 1. The number of pyridine rings is 1. The molecule has 1 saturated heterocycles. The van der Waals surface area contributed by atoms with Crippen molar-refractivity contribution in [2.24, 2.45) is 11.8 Å². The highest BCUT2D eigenvalue weighted by molar-refractivity contribution is 7.99. The van der Waals surface area contributed by atoms with Gasteiger partial charge in [0.05, 0.1) is 29.7 Å². The fourth-order valence-electron chi connectivity index (χ4n) is 4.83. The first-order chi connectivity index (χ1) is 17.0. The highest BCUT2D eigenvalue weighted by Crippen LogP contribution is 2.34. The highest BCUT2D eigenvalue weighted by Gasteiger charge is 2.34. The van der Waals surface area contributed by atoms with Crippen LogP contribution in [0.2, 0.25) is 5.02 Å². The van der Waals surface area contributed by atoms with Crippen LogP contribution in [-0.2, 0) is 4.79 Å². The predicted octanol–water partition coefficient (Wildman–Crippen LogP) is 5.53. The van der Waals surface area contributed by atoms with E-state index < -0.39 is 18.0 Å². The lowest BCUT2D eigenvalue weighted by molar-refractivity contribution is -0.146. The largest absolute Gasteiger partial charge is 0.497 e. The number of carbonyl (C=O) groups is 1. The van der Waals surface area contributed by atoms with Crippen molar-refractivity contribution in [2.45, 2.75) is 30.3 Å². The molecule has 35 heavy (non-hydrogen) atoms. The average molecular weight is 515 g/mol. The summed E-state index contributed by atoms with van der Waals surface area (Å²) in [6, 6.07) is 15.2. The molecule has 1 aromatic heterocycles. The van der Waals surface area contributed by atoms with Crippen molar-refractivity contribution in [1.29, 1.82) is 0 Å². The Labute approximate surface area is 215 Å². The Morgan fingerprint density at radius 2 is 2.11 bits per heavy atom. The van der Waals surface area contributed by atoms with Gasteiger partial charge in [-0.3, -0.25) is 9.78 Å². The summed E-state index contributed by atoms with van der Waals surface area (Å²) in [7, 11) is 1.61. The van der Waals surface area contributed by atoms with E-state index in [1.165, 1.54) is 0 Å². The van der Waals surface area contributed by atoms with Gasteiger partial charge in [-0.05, 0) is 73.7 Å². The second kappa shape index (κ2) is 12.1. The number of halogens is 1. The Bertz CT molecular complexity index is 1160. The van der Waals surface area contributed by atoms with Crippen LogP contribution >= 0.6 is 23.4 Å². The van der Waals surface area contributed by atoms with E-state index in [1.807, 2.05) is 48.5 Å². The summed E-state index contributed by atoms with van der Waals surface area (Å²) in [5.41, 5.74) is 1.60. The van der Waals surface area contributed by atoms with E-state index in [0.29, 0.717) is 25.1 Å². The van der Waals surface area contributed by atoms with Gasteiger partial charge < -0.3 is 19.8 Å². The van der Waals surface area contributed by atoms with Crippen LogP contribution in [0.3, 0.4) is 0 Å². The summed E-state index contributed by atoms with van der Waals surface area (Å²) in [5.74, 6) is 0.419. The van der Waals surface area contributed by atoms with Crippen molar-refractivity contribution in [3.8, 4) is 5.75 Å². The number of likely N-dealkylation sites (tertiary alicyclic amines) is 1. The van der Waals surface area contributed by atoms with Crippen molar-refractivity contribution < 1.29 is 19.7 Å². The Hall–Kier alpha value is -2.32. The zero-order valence-electron chi connectivity index (χ0n) is 19.8. The number of aliphatic carboxylic acids is 1. The second-order valence-corrected chi connectivity index (χ2v) is 10.5. The molecule has 3 aromatic rings. The quantitative estimate of drug-likeness (QED) is 0.344. The number of hydrogen-bond acceptors (Lipinski definition) is 6. The van der Waals surface area contributed by atoms with Crippen molar-refractivity contribution in [3.05, 3.63) is 65.3 Å². The molecule has 1 aliphatic rings. The molecule has 6 nitrogen and oxygen atoms in total. The van der Waals surface area contributed by atoms with E-state index in [4.69, 9.17) is 16.3 Å². The molecule has 2 N–H and O–H groups in total. The molecule has 0 spiro atoms. The van der Waals surface area contributed by atoms with Crippen LogP contribution in [0.1, 0.15) is 30.9 Å². The molecule has 1 fully saturated rings. The zero-order chi connectivity index (χ0) is 24.8. The molecule has 1 aliphatic heterocycles. The number of aliphatic hydroxyl groups excluding tert-OH is 1.